The maximum atomic E-state index is 3.52. The molecule has 94 valence electrons. The first-order valence-electron chi connectivity index (χ1n) is 6.61. The second-order valence-corrected chi connectivity index (χ2v) is 5.08. The second-order valence-electron chi connectivity index (χ2n) is 5.08. The lowest BCUT2D eigenvalue weighted by molar-refractivity contribution is -0.115. The lowest BCUT2D eigenvalue weighted by atomic mass is 9.71. The van der Waals surface area contributed by atoms with Crippen molar-refractivity contribution in [3.63, 3.8) is 0 Å². The SMILES string of the molecule is CNN1CCC2CCCCC2C1(NC)NC. The largest absolute Gasteiger partial charge is 0.289 e. The average molecular weight is 226 g/mol. The summed E-state index contributed by atoms with van der Waals surface area (Å²) >= 11 is 0. The molecule has 0 aromatic carbocycles. The minimum atomic E-state index is -0.0575. The fourth-order valence-electron chi connectivity index (χ4n) is 3.83. The van der Waals surface area contributed by atoms with E-state index in [2.05, 4.69) is 35.2 Å². The standard InChI is InChI=1S/C12H26N4/c1-13-12(14-2)11-7-5-4-6-10(11)8-9-16(12)15-3/h10-11,13-15H,4-9H2,1-3H3. The number of hydrazine groups is 1. The average Bonchev–Trinajstić information content (AvgIpc) is 2.37. The summed E-state index contributed by atoms with van der Waals surface area (Å²) in [6.45, 7) is 1.12. The van der Waals surface area contributed by atoms with Gasteiger partial charge in [0.25, 0.3) is 0 Å². The summed E-state index contributed by atoms with van der Waals surface area (Å²) in [5, 5.41) is 9.37. The Morgan fingerprint density at radius 2 is 1.69 bits per heavy atom. The highest BCUT2D eigenvalue weighted by Gasteiger charge is 2.48. The van der Waals surface area contributed by atoms with Crippen LogP contribution in [0.15, 0.2) is 0 Å². The van der Waals surface area contributed by atoms with Crippen LogP contribution in [0.2, 0.25) is 0 Å². The van der Waals surface area contributed by atoms with Gasteiger partial charge in [-0.1, -0.05) is 12.8 Å². The molecular formula is C12H26N4. The molecule has 2 atom stereocenters. The third-order valence-electron chi connectivity index (χ3n) is 4.63. The van der Waals surface area contributed by atoms with Crippen LogP contribution >= 0.6 is 0 Å². The van der Waals surface area contributed by atoms with Gasteiger partial charge in [-0.3, -0.25) is 16.1 Å². The van der Waals surface area contributed by atoms with Crippen LogP contribution in [0.4, 0.5) is 0 Å². The number of hydrogen-bond donors (Lipinski definition) is 3. The van der Waals surface area contributed by atoms with Crippen molar-refractivity contribution in [1.82, 2.24) is 21.1 Å². The van der Waals surface area contributed by atoms with Crippen LogP contribution in [-0.2, 0) is 0 Å². The van der Waals surface area contributed by atoms with Crippen molar-refractivity contribution in [1.29, 1.82) is 0 Å². The van der Waals surface area contributed by atoms with Gasteiger partial charge < -0.3 is 0 Å². The highest BCUT2D eigenvalue weighted by atomic mass is 15.6. The number of piperidine rings is 1. The van der Waals surface area contributed by atoms with Crippen LogP contribution in [0.1, 0.15) is 32.1 Å². The molecule has 2 aliphatic rings. The van der Waals surface area contributed by atoms with Crippen molar-refractivity contribution in [2.45, 2.75) is 37.9 Å². The van der Waals surface area contributed by atoms with Crippen molar-refractivity contribution < 1.29 is 0 Å². The van der Waals surface area contributed by atoms with Gasteiger partial charge in [-0.2, -0.15) is 0 Å². The molecular weight excluding hydrogens is 200 g/mol. The third-order valence-corrected chi connectivity index (χ3v) is 4.63. The Balaban J connectivity index is 2.23. The number of fused-ring (bicyclic) bond motifs is 1. The van der Waals surface area contributed by atoms with Crippen LogP contribution in [0.5, 0.6) is 0 Å². The quantitative estimate of drug-likeness (QED) is 0.620. The zero-order valence-electron chi connectivity index (χ0n) is 10.8. The normalized spacial score (nSPS) is 34.7. The zero-order chi connectivity index (χ0) is 11.6. The summed E-state index contributed by atoms with van der Waals surface area (Å²) < 4.78 is 0. The molecule has 0 radical (unpaired) electrons. The maximum Gasteiger partial charge on any atom is 0.141 e. The predicted octanol–water partition coefficient (Wildman–Crippen LogP) is 0.726. The maximum absolute atomic E-state index is 3.52. The van der Waals surface area contributed by atoms with E-state index in [-0.39, 0.29) is 5.79 Å². The van der Waals surface area contributed by atoms with Crippen LogP contribution in [0, 0.1) is 11.8 Å². The van der Waals surface area contributed by atoms with Crippen molar-refractivity contribution in [2.24, 2.45) is 11.8 Å². The second kappa shape index (κ2) is 5.00. The van der Waals surface area contributed by atoms with Crippen molar-refractivity contribution in [2.75, 3.05) is 27.7 Å². The molecule has 0 bridgehead atoms. The Morgan fingerprint density at radius 3 is 2.31 bits per heavy atom. The summed E-state index contributed by atoms with van der Waals surface area (Å²) in [5.74, 6) is 1.55. The van der Waals surface area contributed by atoms with E-state index in [0.29, 0.717) is 0 Å². The first kappa shape index (κ1) is 12.3. The molecule has 1 aliphatic carbocycles. The molecule has 1 aliphatic heterocycles. The number of hydrogen-bond acceptors (Lipinski definition) is 4. The lowest BCUT2D eigenvalue weighted by Crippen LogP contribution is -2.76. The van der Waals surface area contributed by atoms with Gasteiger partial charge in [0.05, 0.1) is 0 Å². The number of rotatable bonds is 3. The Kier molecular flexibility index (Phi) is 3.85. The van der Waals surface area contributed by atoms with E-state index >= 15 is 0 Å². The van der Waals surface area contributed by atoms with Gasteiger partial charge in [-0.05, 0) is 46.3 Å². The molecule has 0 amide bonds. The summed E-state index contributed by atoms with van der Waals surface area (Å²) in [4.78, 5) is 0. The lowest BCUT2D eigenvalue weighted by Gasteiger charge is -2.55. The van der Waals surface area contributed by atoms with Crippen LogP contribution in [-0.4, -0.2) is 38.5 Å². The van der Waals surface area contributed by atoms with E-state index in [9.17, 15) is 0 Å². The van der Waals surface area contributed by atoms with Crippen LogP contribution in [0.25, 0.3) is 0 Å². The molecule has 2 fully saturated rings. The van der Waals surface area contributed by atoms with E-state index in [0.717, 1.165) is 18.4 Å². The smallest absolute Gasteiger partial charge is 0.141 e. The summed E-state index contributed by atoms with van der Waals surface area (Å²) in [6, 6.07) is 0. The van der Waals surface area contributed by atoms with Gasteiger partial charge in [-0.25, -0.2) is 5.01 Å². The zero-order valence-corrected chi connectivity index (χ0v) is 10.8. The fourth-order valence-corrected chi connectivity index (χ4v) is 3.83. The Hall–Kier alpha value is -0.160. The first-order chi connectivity index (χ1) is 7.78. The molecule has 1 heterocycles. The van der Waals surface area contributed by atoms with Gasteiger partial charge in [-0.15, -0.1) is 0 Å². The van der Waals surface area contributed by atoms with Gasteiger partial charge in [0.1, 0.15) is 5.79 Å². The Bertz CT molecular complexity index is 227. The van der Waals surface area contributed by atoms with E-state index < -0.39 is 0 Å². The van der Waals surface area contributed by atoms with Crippen molar-refractivity contribution in [3.05, 3.63) is 0 Å². The summed E-state index contributed by atoms with van der Waals surface area (Å²) in [5.41, 5.74) is 3.34. The van der Waals surface area contributed by atoms with E-state index in [1.807, 2.05) is 7.05 Å². The van der Waals surface area contributed by atoms with Gasteiger partial charge >= 0.3 is 0 Å². The van der Waals surface area contributed by atoms with Crippen molar-refractivity contribution in [3.8, 4) is 0 Å². The minimum Gasteiger partial charge on any atom is -0.289 e. The highest BCUT2D eigenvalue weighted by Crippen LogP contribution is 2.42. The molecule has 4 nitrogen and oxygen atoms in total. The van der Waals surface area contributed by atoms with Crippen LogP contribution in [0.3, 0.4) is 0 Å². The fraction of sp³-hybridized carbons (Fsp3) is 1.00. The first-order valence-corrected chi connectivity index (χ1v) is 6.61. The molecule has 2 rings (SSSR count). The molecule has 0 aromatic heterocycles. The van der Waals surface area contributed by atoms with Gasteiger partial charge in [0, 0.05) is 12.5 Å². The topological polar surface area (TPSA) is 39.3 Å². The van der Waals surface area contributed by atoms with Gasteiger partial charge in [0.15, 0.2) is 0 Å². The molecule has 4 heteroatoms. The number of nitrogens with zero attached hydrogens (tertiary/aromatic N) is 1. The molecule has 0 aromatic rings. The van der Waals surface area contributed by atoms with E-state index in [1.54, 1.807) is 0 Å². The molecule has 16 heavy (non-hydrogen) atoms. The molecule has 0 spiro atoms. The summed E-state index contributed by atoms with van der Waals surface area (Å²) in [6.07, 6.45) is 6.88. The predicted molar refractivity (Wildman–Crippen MR) is 66.7 cm³/mol. The third kappa shape index (κ3) is 1.78. The number of nitrogens with one attached hydrogen (secondary N) is 3. The van der Waals surface area contributed by atoms with E-state index in [1.165, 1.54) is 32.1 Å². The van der Waals surface area contributed by atoms with Gasteiger partial charge in [0.2, 0.25) is 0 Å². The Morgan fingerprint density at radius 1 is 1.00 bits per heavy atom. The minimum absolute atomic E-state index is 0.0575. The molecule has 1 saturated heterocycles. The summed E-state index contributed by atoms with van der Waals surface area (Å²) in [7, 11) is 6.15. The highest BCUT2D eigenvalue weighted by molar-refractivity contribution is 4.97. The molecule has 1 saturated carbocycles. The Labute approximate surface area is 99.1 Å². The van der Waals surface area contributed by atoms with Crippen LogP contribution < -0.4 is 16.1 Å². The molecule has 2 unspecified atom stereocenters. The van der Waals surface area contributed by atoms with E-state index in [4.69, 9.17) is 0 Å². The monoisotopic (exact) mass is 226 g/mol. The molecule has 3 N–H and O–H groups in total. The van der Waals surface area contributed by atoms with Crippen molar-refractivity contribution >= 4 is 0 Å².